The number of hydrogen-bond acceptors (Lipinski definition) is 3. The van der Waals surface area contributed by atoms with Crippen LogP contribution in [0.2, 0.25) is 0 Å². The lowest BCUT2D eigenvalue weighted by atomic mass is 10.2. The molecule has 0 aliphatic rings. The van der Waals surface area contributed by atoms with Crippen LogP contribution in [0.15, 0.2) is 29.6 Å². The van der Waals surface area contributed by atoms with Crippen LogP contribution in [-0.4, -0.2) is 4.92 Å². The van der Waals surface area contributed by atoms with Crippen LogP contribution in [0.5, 0.6) is 0 Å². The average molecular weight is 179 g/mol. The van der Waals surface area contributed by atoms with E-state index in [1.165, 1.54) is 17.4 Å². The van der Waals surface area contributed by atoms with Gasteiger partial charge in [-0.15, -0.1) is 11.3 Å². The zero-order chi connectivity index (χ0) is 8.55. The predicted molar refractivity (Wildman–Crippen MR) is 48.5 cm³/mol. The Bertz CT molecular complexity index is 435. The van der Waals surface area contributed by atoms with Crippen molar-refractivity contribution in [3.8, 4) is 0 Å². The van der Waals surface area contributed by atoms with E-state index in [4.69, 9.17) is 0 Å². The summed E-state index contributed by atoms with van der Waals surface area (Å²) in [5.74, 6) is 0. The number of nitro benzene ring substituents is 1. The first-order valence-corrected chi connectivity index (χ1v) is 4.27. The van der Waals surface area contributed by atoms with Crippen LogP contribution in [0.3, 0.4) is 0 Å². The minimum absolute atomic E-state index is 0.157. The van der Waals surface area contributed by atoms with E-state index >= 15 is 0 Å². The van der Waals surface area contributed by atoms with Crippen molar-refractivity contribution in [3.05, 3.63) is 39.8 Å². The molecule has 0 fully saturated rings. The first-order chi connectivity index (χ1) is 5.77. The van der Waals surface area contributed by atoms with Gasteiger partial charge >= 0.3 is 0 Å². The third-order valence-electron chi connectivity index (χ3n) is 1.65. The lowest BCUT2D eigenvalue weighted by molar-refractivity contribution is -0.384. The Balaban J connectivity index is 2.68. The monoisotopic (exact) mass is 179 g/mol. The number of rotatable bonds is 1. The summed E-state index contributed by atoms with van der Waals surface area (Å²) in [4.78, 5) is 10.0. The summed E-state index contributed by atoms with van der Waals surface area (Å²) in [6.45, 7) is 0. The number of hydrogen-bond donors (Lipinski definition) is 0. The molecule has 0 atom stereocenters. The van der Waals surface area contributed by atoms with E-state index in [9.17, 15) is 10.1 Å². The Morgan fingerprint density at radius 3 is 2.92 bits per heavy atom. The van der Waals surface area contributed by atoms with Gasteiger partial charge in [0.15, 0.2) is 0 Å². The average Bonchev–Trinajstić information content (AvgIpc) is 2.49. The summed E-state index contributed by atoms with van der Waals surface area (Å²) >= 11 is 1.51. The molecule has 1 aromatic carbocycles. The van der Waals surface area contributed by atoms with Gasteiger partial charge in [-0.1, -0.05) is 0 Å². The predicted octanol–water partition coefficient (Wildman–Crippen LogP) is 2.81. The van der Waals surface area contributed by atoms with Crippen molar-refractivity contribution >= 4 is 27.1 Å². The highest BCUT2D eigenvalue weighted by molar-refractivity contribution is 7.17. The fourth-order valence-corrected chi connectivity index (χ4v) is 1.88. The minimum atomic E-state index is -0.376. The normalized spacial score (nSPS) is 10.3. The Kier molecular flexibility index (Phi) is 1.55. The maximum Gasteiger partial charge on any atom is 0.270 e. The van der Waals surface area contributed by atoms with Gasteiger partial charge in [0.1, 0.15) is 0 Å². The molecule has 60 valence electrons. The standard InChI is InChI=1S/C8H5NO2S/c10-9(11)7-2-1-6-3-4-12-8(6)5-7/h1-5H. The van der Waals surface area contributed by atoms with E-state index < -0.39 is 0 Å². The first kappa shape index (κ1) is 7.24. The van der Waals surface area contributed by atoms with Crippen LogP contribution >= 0.6 is 11.3 Å². The van der Waals surface area contributed by atoms with Crippen molar-refractivity contribution in [3.63, 3.8) is 0 Å². The van der Waals surface area contributed by atoms with Crippen molar-refractivity contribution in [2.75, 3.05) is 0 Å². The summed E-state index contributed by atoms with van der Waals surface area (Å²) < 4.78 is 0.962. The lowest BCUT2D eigenvalue weighted by Crippen LogP contribution is -1.85. The van der Waals surface area contributed by atoms with Crippen LogP contribution in [0.4, 0.5) is 5.69 Å². The molecule has 0 amide bonds. The molecular weight excluding hydrogens is 174 g/mol. The molecule has 0 bridgehead atoms. The molecule has 0 spiro atoms. The van der Waals surface area contributed by atoms with Crippen molar-refractivity contribution in [1.82, 2.24) is 0 Å². The second-order valence-electron chi connectivity index (χ2n) is 2.40. The quantitative estimate of drug-likeness (QED) is 0.499. The van der Waals surface area contributed by atoms with Crippen LogP contribution < -0.4 is 0 Å². The third-order valence-corrected chi connectivity index (χ3v) is 2.53. The molecule has 1 aromatic heterocycles. The highest BCUT2D eigenvalue weighted by Crippen LogP contribution is 2.24. The highest BCUT2D eigenvalue weighted by atomic mass is 32.1. The molecule has 1 heterocycles. The van der Waals surface area contributed by atoms with Gasteiger partial charge in [-0.05, 0) is 22.9 Å². The maximum atomic E-state index is 10.4. The molecule has 2 rings (SSSR count). The second kappa shape index (κ2) is 2.57. The number of nitrogens with zero attached hydrogens (tertiary/aromatic N) is 1. The Morgan fingerprint density at radius 1 is 1.33 bits per heavy atom. The van der Waals surface area contributed by atoms with Gasteiger partial charge < -0.3 is 0 Å². The molecule has 2 aromatic rings. The lowest BCUT2D eigenvalue weighted by Gasteiger charge is -1.89. The van der Waals surface area contributed by atoms with E-state index in [0.29, 0.717) is 0 Å². The zero-order valence-electron chi connectivity index (χ0n) is 6.06. The van der Waals surface area contributed by atoms with E-state index in [1.54, 1.807) is 12.1 Å². The maximum absolute atomic E-state index is 10.4. The number of nitro groups is 1. The smallest absolute Gasteiger partial charge is 0.258 e. The van der Waals surface area contributed by atoms with E-state index in [-0.39, 0.29) is 10.6 Å². The molecule has 0 radical (unpaired) electrons. The van der Waals surface area contributed by atoms with Crippen molar-refractivity contribution in [2.24, 2.45) is 0 Å². The summed E-state index contributed by atoms with van der Waals surface area (Å²) in [6.07, 6.45) is 0. The largest absolute Gasteiger partial charge is 0.270 e. The van der Waals surface area contributed by atoms with Gasteiger partial charge in [-0.25, -0.2) is 0 Å². The second-order valence-corrected chi connectivity index (χ2v) is 3.35. The van der Waals surface area contributed by atoms with Crippen LogP contribution in [0.25, 0.3) is 10.1 Å². The molecule has 0 aliphatic heterocycles. The topological polar surface area (TPSA) is 43.1 Å². The summed E-state index contributed by atoms with van der Waals surface area (Å²) in [5.41, 5.74) is 0.157. The first-order valence-electron chi connectivity index (χ1n) is 3.39. The fraction of sp³-hybridized carbons (Fsp3) is 0. The van der Waals surface area contributed by atoms with Gasteiger partial charge in [-0.2, -0.15) is 0 Å². The fourth-order valence-electron chi connectivity index (χ4n) is 1.06. The zero-order valence-corrected chi connectivity index (χ0v) is 6.88. The molecule has 0 unspecified atom stereocenters. The van der Waals surface area contributed by atoms with Gasteiger partial charge in [-0.3, -0.25) is 10.1 Å². The molecule has 12 heavy (non-hydrogen) atoms. The van der Waals surface area contributed by atoms with Gasteiger partial charge in [0.2, 0.25) is 0 Å². The van der Waals surface area contributed by atoms with E-state index in [1.807, 2.05) is 11.4 Å². The Labute approximate surface area is 72.4 Å². The molecule has 3 nitrogen and oxygen atoms in total. The summed E-state index contributed by atoms with van der Waals surface area (Å²) in [5, 5.41) is 13.4. The summed E-state index contributed by atoms with van der Waals surface area (Å²) in [6, 6.07) is 6.84. The number of benzene rings is 1. The van der Waals surface area contributed by atoms with Crippen molar-refractivity contribution < 1.29 is 4.92 Å². The van der Waals surface area contributed by atoms with Crippen LogP contribution in [-0.2, 0) is 0 Å². The Morgan fingerprint density at radius 2 is 2.17 bits per heavy atom. The van der Waals surface area contributed by atoms with Crippen molar-refractivity contribution in [2.45, 2.75) is 0 Å². The third kappa shape index (κ3) is 1.06. The molecule has 0 N–H and O–H groups in total. The minimum Gasteiger partial charge on any atom is -0.258 e. The number of non-ortho nitro benzene ring substituents is 1. The summed E-state index contributed by atoms with van der Waals surface area (Å²) in [7, 11) is 0. The molecule has 0 saturated carbocycles. The Hall–Kier alpha value is -1.42. The van der Waals surface area contributed by atoms with E-state index in [2.05, 4.69) is 0 Å². The molecular formula is C8H5NO2S. The van der Waals surface area contributed by atoms with Gasteiger partial charge in [0.05, 0.1) is 4.92 Å². The molecule has 0 saturated heterocycles. The highest BCUT2D eigenvalue weighted by Gasteiger charge is 2.05. The number of thiophene rings is 1. The number of fused-ring (bicyclic) bond motifs is 1. The van der Waals surface area contributed by atoms with Gasteiger partial charge in [0.25, 0.3) is 5.69 Å². The SMILES string of the molecule is O=[N+]([O-])c1ccc2ccsc2c1. The van der Waals surface area contributed by atoms with Gasteiger partial charge in [0, 0.05) is 16.8 Å². The van der Waals surface area contributed by atoms with Crippen molar-refractivity contribution in [1.29, 1.82) is 0 Å². The van der Waals surface area contributed by atoms with Crippen LogP contribution in [0, 0.1) is 10.1 Å². The molecule has 4 heteroatoms. The molecule has 0 aliphatic carbocycles. The van der Waals surface area contributed by atoms with Crippen LogP contribution in [0.1, 0.15) is 0 Å². The van der Waals surface area contributed by atoms with E-state index in [0.717, 1.165) is 10.1 Å².